The van der Waals surface area contributed by atoms with E-state index in [0.717, 1.165) is 22.1 Å². The van der Waals surface area contributed by atoms with Gasteiger partial charge in [-0.3, -0.25) is 0 Å². The lowest BCUT2D eigenvalue weighted by atomic mass is 10.1. The Hall–Kier alpha value is -1.80. The molecule has 0 aliphatic heterocycles. The van der Waals surface area contributed by atoms with Crippen LogP contribution in [-0.2, 0) is 6.61 Å². The summed E-state index contributed by atoms with van der Waals surface area (Å²) < 4.78 is 5.45. The van der Waals surface area contributed by atoms with Gasteiger partial charge in [0.1, 0.15) is 12.4 Å². The highest BCUT2D eigenvalue weighted by Gasteiger charge is 1.98. The molecule has 2 aromatic carbocycles. The standard InChI is InChI=1S/C14H14O2/c1-2-7-16-14-6-5-12-8-11(10-15)3-4-13(12)9-14/h2-6,8-9,15H,1,7,10H2. The van der Waals surface area contributed by atoms with E-state index in [1.165, 1.54) is 0 Å². The zero-order valence-corrected chi connectivity index (χ0v) is 9.02. The van der Waals surface area contributed by atoms with Crippen LogP contribution in [0.3, 0.4) is 0 Å². The molecule has 2 nitrogen and oxygen atoms in total. The van der Waals surface area contributed by atoms with Crippen molar-refractivity contribution in [1.82, 2.24) is 0 Å². The minimum Gasteiger partial charge on any atom is -0.490 e. The molecule has 1 N–H and O–H groups in total. The van der Waals surface area contributed by atoms with Gasteiger partial charge in [0.15, 0.2) is 0 Å². The third kappa shape index (κ3) is 2.23. The lowest BCUT2D eigenvalue weighted by Crippen LogP contribution is -1.92. The Balaban J connectivity index is 2.35. The molecule has 0 saturated carbocycles. The van der Waals surface area contributed by atoms with Gasteiger partial charge in [0, 0.05) is 0 Å². The Labute approximate surface area is 94.8 Å². The molecule has 0 bridgehead atoms. The highest BCUT2D eigenvalue weighted by molar-refractivity contribution is 5.84. The van der Waals surface area contributed by atoms with Gasteiger partial charge in [0.25, 0.3) is 0 Å². The monoisotopic (exact) mass is 214 g/mol. The predicted octanol–water partition coefficient (Wildman–Crippen LogP) is 2.90. The molecule has 82 valence electrons. The van der Waals surface area contributed by atoms with E-state index >= 15 is 0 Å². The summed E-state index contributed by atoms with van der Waals surface area (Å²) in [6.07, 6.45) is 1.72. The quantitative estimate of drug-likeness (QED) is 0.793. The fourth-order valence-corrected chi connectivity index (χ4v) is 1.62. The number of ether oxygens (including phenoxy) is 1. The molecule has 0 saturated heterocycles. The fraction of sp³-hybridized carbons (Fsp3) is 0.143. The molecule has 2 aromatic rings. The van der Waals surface area contributed by atoms with Gasteiger partial charge in [0.2, 0.25) is 0 Å². The summed E-state index contributed by atoms with van der Waals surface area (Å²) in [5, 5.41) is 11.3. The number of aliphatic hydroxyl groups excluding tert-OH is 1. The number of hydrogen-bond donors (Lipinski definition) is 1. The first-order chi connectivity index (χ1) is 7.83. The average molecular weight is 214 g/mol. The van der Waals surface area contributed by atoms with Crippen molar-refractivity contribution in [3.8, 4) is 5.75 Å². The van der Waals surface area contributed by atoms with E-state index in [-0.39, 0.29) is 6.61 Å². The minimum absolute atomic E-state index is 0.0741. The highest BCUT2D eigenvalue weighted by Crippen LogP contribution is 2.22. The van der Waals surface area contributed by atoms with E-state index in [1.807, 2.05) is 36.4 Å². The van der Waals surface area contributed by atoms with Crippen LogP contribution in [0.5, 0.6) is 5.75 Å². The lowest BCUT2D eigenvalue weighted by Gasteiger charge is -2.05. The van der Waals surface area contributed by atoms with Crippen molar-refractivity contribution in [2.75, 3.05) is 6.61 Å². The van der Waals surface area contributed by atoms with E-state index in [9.17, 15) is 0 Å². The SMILES string of the molecule is C=CCOc1ccc2cc(CO)ccc2c1. The van der Waals surface area contributed by atoms with Crippen molar-refractivity contribution >= 4 is 10.8 Å². The molecule has 0 unspecified atom stereocenters. The Morgan fingerprint density at radius 1 is 1.12 bits per heavy atom. The van der Waals surface area contributed by atoms with Gasteiger partial charge >= 0.3 is 0 Å². The van der Waals surface area contributed by atoms with Crippen LogP contribution < -0.4 is 4.74 Å². The normalized spacial score (nSPS) is 10.3. The zero-order chi connectivity index (χ0) is 11.4. The highest BCUT2D eigenvalue weighted by atomic mass is 16.5. The van der Waals surface area contributed by atoms with E-state index in [2.05, 4.69) is 6.58 Å². The molecular formula is C14H14O2. The second kappa shape index (κ2) is 4.81. The van der Waals surface area contributed by atoms with Gasteiger partial charge in [-0.15, -0.1) is 0 Å². The Morgan fingerprint density at radius 3 is 2.62 bits per heavy atom. The topological polar surface area (TPSA) is 29.5 Å². The number of fused-ring (bicyclic) bond motifs is 1. The van der Waals surface area contributed by atoms with Crippen molar-refractivity contribution < 1.29 is 9.84 Å². The zero-order valence-electron chi connectivity index (χ0n) is 9.02. The van der Waals surface area contributed by atoms with E-state index < -0.39 is 0 Å². The number of benzene rings is 2. The smallest absolute Gasteiger partial charge is 0.120 e. The Bertz CT molecular complexity index is 503. The van der Waals surface area contributed by atoms with Crippen molar-refractivity contribution in [2.24, 2.45) is 0 Å². The van der Waals surface area contributed by atoms with Crippen LogP contribution in [0.4, 0.5) is 0 Å². The molecule has 0 heterocycles. The second-order valence-electron chi connectivity index (χ2n) is 3.60. The van der Waals surface area contributed by atoms with Gasteiger partial charge in [0.05, 0.1) is 6.61 Å². The second-order valence-corrected chi connectivity index (χ2v) is 3.60. The molecule has 16 heavy (non-hydrogen) atoms. The Kier molecular flexibility index (Phi) is 3.22. The van der Waals surface area contributed by atoms with E-state index in [0.29, 0.717) is 6.61 Å². The summed E-state index contributed by atoms with van der Waals surface area (Å²) >= 11 is 0. The summed E-state index contributed by atoms with van der Waals surface area (Å²) in [5.74, 6) is 0.837. The minimum atomic E-state index is 0.0741. The van der Waals surface area contributed by atoms with Crippen molar-refractivity contribution in [2.45, 2.75) is 6.61 Å². The predicted molar refractivity (Wildman–Crippen MR) is 65.6 cm³/mol. The molecule has 0 aromatic heterocycles. The van der Waals surface area contributed by atoms with Crippen molar-refractivity contribution in [1.29, 1.82) is 0 Å². The molecule has 0 radical (unpaired) electrons. The third-order valence-electron chi connectivity index (χ3n) is 2.43. The maximum absolute atomic E-state index is 9.03. The average Bonchev–Trinajstić information content (AvgIpc) is 2.35. The molecule has 2 rings (SSSR count). The Morgan fingerprint density at radius 2 is 1.88 bits per heavy atom. The van der Waals surface area contributed by atoms with Crippen LogP contribution in [0.25, 0.3) is 10.8 Å². The summed E-state index contributed by atoms with van der Waals surface area (Å²) in [5.41, 5.74) is 0.923. The molecule has 0 spiro atoms. The first-order valence-electron chi connectivity index (χ1n) is 5.21. The van der Waals surface area contributed by atoms with Crippen LogP contribution in [0.15, 0.2) is 49.1 Å². The number of hydrogen-bond acceptors (Lipinski definition) is 2. The third-order valence-corrected chi connectivity index (χ3v) is 2.43. The van der Waals surface area contributed by atoms with Gasteiger partial charge < -0.3 is 9.84 Å². The van der Waals surface area contributed by atoms with E-state index in [4.69, 9.17) is 9.84 Å². The van der Waals surface area contributed by atoms with Crippen LogP contribution >= 0.6 is 0 Å². The number of rotatable bonds is 4. The van der Waals surface area contributed by atoms with Gasteiger partial charge in [-0.2, -0.15) is 0 Å². The first-order valence-corrected chi connectivity index (χ1v) is 5.21. The lowest BCUT2D eigenvalue weighted by molar-refractivity contribution is 0.282. The van der Waals surface area contributed by atoms with Crippen LogP contribution in [0, 0.1) is 0 Å². The van der Waals surface area contributed by atoms with E-state index in [1.54, 1.807) is 6.08 Å². The summed E-state index contributed by atoms with van der Waals surface area (Å²) in [6.45, 7) is 4.20. The van der Waals surface area contributed by atoms with Crippen molar-refractivity contribution in [3.05, 3.63) is 54.6 Å². The van der Waals surface area contributed by atoms with Crippen LogP contribution in [0.1, 0.15) is 5.56 Å². The molecule has 0 fully saturated rings. The molecule has 0 aliphatic rings. The van der Waals surface area contributed by atoms with Crippen molar-refractivity contribution in [3.63, 3.8) is 0 Å². The summed E-state index contributed by atoms with van der Waals surface area (Å²) in [6, 6.07) is 11.8. The van der Waals surface area contributed by atoms with Crippen LogP contribution in [0.2, 0.25) is 0 Å². The van der Waals surface area contributed by atoms with Gasteiger partial charge in [-0.25, -0.2) is 0 Å². The maximum atomic E-state index is 9.03. The summed E-state index contributed by atoms with van der Waals surface area (Å²) in [4.78, 5) is 0. The molecule has 0 aliphatic carbocycles. The largest absolute Gasteiger partial charge is 0.490 e. The first kappa shape index (κ1) is 10.7. The summed E-state index contributed by atoms with van der Waals surface area (Å²) in [7, 11) is 0. The number of aliphatic hydroxyl groups is 1. The maximum Gasteiger partial charge on any atom is 0.120 e. The van der Waals surface area contributed by atoms with Gasteiger partial charge in [-0.1, -0.05) is 30.9 Å². The molecule has 0 atom stereocenters. The van der Waals surface area contributed by atoms with Gasteiger partial charge in [-0.05, 0) is 34.5 Å². The molecule has 2 heteroatoms. The van der Waals surface area contributed by atoms with Crippen LogP contribution in [-0.4, -0.2) is 11.7 Å². The fourth-order valence-electron chi connectivity index (χ4n) is 1.62. The molecule has 0 amide bonds. The molecular weight excluding hydrogens is 200 g/mol.